The van der Waals surface area contributed by atoms with E-state index < -0.39 is 23.0 Å². The molecule has 0 aliphatic carbocycles. The number of benzene rings is 2. The van der Waals surface area contributed by atoms with E-state index in [2.05, 4.69) is 17.0 Å². The first-order chi connectivity index (χ1) is 14.5. The molecule has 2 heterocycles. The van der Waals surface area contributed by atoms with E-state index in [0.29, 0.717) is 26.1 Å². The van der Waals surface area contributed by atoms with E-state index in [1.54, 1.807) is 0 Å². The number of hydrogen-bond donors (Lipinski definition) is 1. The number of halogens is 2. The number of likely N-dealkylation sites (tertiary alicyclic amines) is 1. The highest BCUT2D eigenvalue weighted by Crippen LogP contribution is 2.38. The first kappa shape index (κ1) is 21.4. The summed E-state index contributed by atoms with van der Waals surface area (Å²) in [5.41, 5.74) is 0.762. The van der Waals surface area contributed by atoms with Crippen molar-refractivity contribution in [3.05, 3.63) is 71.3 Å². The van der Waals surface area contributed by atoms with E-state index in [-0.39, 0.29) is 5.56 Å². The van der Waals surface area contributed by atoms with Crippen LogP contribution in [0.3, 0.4) is 0 Å². The third kappa shape index (κ3) is 4.89. The van der Waals surface area contributed by atoms with Crippen LogP contribution in [0.1, 0.15) is 36.8 Å². The molecule has 30 heavy (non-hydrogen) atoms. The minimum Gasteiger partial charge on any atom is -0.389 e. The molecule has 0 aromatic heterocycles. The van der Waals surface area contributed by atoms with Crippen molar-refractivity contribution in [1.29, 1.82) is 0 Å². The molecular weight excluding hydrogens is 388 g/mol. The van der Waals surface area contributed by atoms with Gasteiger partial charge in [0, 0.05) is 37.6 Å². The Balaban J connectivity index is 1.30. The molecule has 6 heteroatoms. The molecule has 162 valence electrons. The molecule has 0 spiro atoms. The predicted octanol–water partition coefficient (Wildman–Crippen LogP) is 4.01. The molecule has 2 aromatic carbocycles. The Morgan fingerprint density at radius 2 is 1.67 bits per heavy atom. The molecule has 4 rings (SSSR count). The summed E-state index contributed by atoms with van der Waals surface area (Å²) in [6.45, 7) is 3.25. The van der Waals surface area contributed by atoms with Gasteiger partial charge >= 0.3 is 0 Å². The van der Waals surface area contributed by atoms with Crippen LogP contribution in [0.4, 0.5) is 8.78 Å². The van der Waals surface area contributed by atoms with Gasteiger partial charge in [0.2, 0.25) is 0 Å². The lowest BCUT2D eigenvalue weighted by Crippen LogP contribution is -2.46. The lowest BCUT2D eigenvalue weighted by Gasteiger charge is -2.39. The Kier molecular flexibility index (Phi) is 6.48. The first-order valence-corrected chi connectivity index (χ1v) is 10.7. The van der Waals surface area contributed by atoms with Gasteiger partial charge in [-0.05, 0) is 43.5 Å². The maximum Gasteiger partial charge on any atom is 0.197 e. The zero-order chi connectivity index (χ0) is 21.0. The Morgan fingerprint density at radius 1 is 0.967 bits per heavy atom. The smallest absolute Gasteiger partial charge is 0.197 e. The van der Waals surface area contributed by atoms with Crippen molar-refractivity contribution in [3.63, 3.8) is 0 Å². The minimum atomic E-state index is -1.14. The van der Waals surface area contributed by atoms with Crippen molar-refractivity contribution in [2.45, 2.75) is 43.5 Å². The molecule has 0 unspecified atom stereocenters. The molecule has 4 nitrogen and oxygen atoms in total. The van der Waals surface area contributed by atoms with Crippen LogP contribution in [0, 0.1) is 11.6 Å². The molecule has 0 bridgehead atoms. The summed E-state index contributed by atoms with van der Waals surface area (Å²) < 4.78 is 39.2. The van der Waals surface area contributed by atoms with E-state index in [9.17, 15) is 13.9 Å². The van der Waals surface area contributed by atoms with Crippen LogP contribution in [-0.2, 0) is 21.7 Å². The summed E-state index contributed by atoms with van der Waals surface area (Å²) in [5.74, 6) is -2.39. The first-order valence-electron chi connectivity index (χ1n) is 10.7. The lowest BCUT2D eigenvalue weighted by molar-refractivity contribution is -0.174. The van der Waals surface area contributed by atoms with Gasteiger partial charge in [-0.15, -0.1) is 0 Å². The van der Waals surface area contributed by atoms with Crippen molar-refractivity contribution in [3.8, 4) is 0 Å². The monoisotopic (exact) mass is 417 g/mol. The molecule has 0 saturated carbocycles. The number of aliphatic hydroxyl groups is 1. The van der Waals surface area contributed by atoms with Crippen LogP contribution < -0.4 is 0 Å². The third-order valence-electron chi connectivity index (χ3n) is 6.24. The Hall–Kier alpha value is -1.86. The fourth-order valence-electron chi connectivity index (χ4n) is 4.57. The quantitative estimate of drug-likeness (QED) is 0.739. The predicted molar refractivity (Wildman–Crippen MR) is 110 cm³/mol. The van der Waals surface area contributed by atoms with Crippen molar-refractivity contribution < 1.29 is 23.4 Å². The van der Waals surface area contributed by atoms with Crippen molar-refractivity contribution in [2.75, 3.05) is 32.8 Å². The molecule has 0 atom stereocenters. The van der Waals surface area contributed by atoms with Gasteiger partial charge in [-0.1, -0.05) is 30.3 Å². The SMILES string of the molecule is OC1(Cc2ccccc2)CCN(CCCC2(c3ccc(F)cc3F)OCCO2)CC1. The highest BCUT2D eigenvalue weighted by atomic mass is 19.1. The molecule has 1 N–H and O–H groups in total. The second-order valence-electron chi connectivity index (χ2n) is 8.41. The van der Waals surface area contributed by atoms with E-state index in [4.69, 9.17) is 9.47 Å². The Morgan fingerprint density at radius 3 is 2.33 bits per heavy atom. The van der Waals surface area contributed by atoms with Crippen LogP contribution in [0.25, 0.3) is 0 Å². The summed E-state index contributed by atoms with van der Waals surface area (Å²) >= 11 is 0. The zero-order valence-corrected chi connectivity index (χ0v) is 17.2. The van der Waals surface area contributed by atoms with Crippen LogP contribution in [-0.4, -0.2) is 48.5 Å². The fourth-order valence-corrected chi connectivity index (χ4v) is 4.57. The van der Waals surface area contributed by atoms with Crippen molar-refractivity contribution in [2.24, 2.45) is 0 Å². The second-order valence-corrected chi connectivity index (χ2v) is 8.41. The summed E-state index contributed by atoms with van der Waals surface area (Å²) in [6, 6.07) is 13.6. The van der Waals surface area contributed by atoms with Gasteiger partial charge in [0.1, 0.15) is 11.6 Å². The van der Waals surface area contributed by atoms with E-state index in [1.165, 1.54) is 12.1 Å². The zero-order valence-electron chi connectivity index (χ0n) is 17.2. The molecule has 0 amide bonds. The molecule has 2 fully saturated rings. The van der Waals surface area contributed by atoms with Crippen LogP contribution in [0.2, 0.25) is 0 Å². The average Bonchev–Trinajstić information content (AvgIpc) is 3.20. The Labute approximate surface area is 176 Å². The van der Waals surface area contributed by atoms with Crippen LogP contribution >= 0.6 is 0 Å². The summed E-state index contributed by atoms with van der Waals surface area (Å²) in [4.78, 5) is 2.32. The van der Waals surface area contributed by atoms with Gasteiger partial charge in [-0.2, -0.15) is 0 Å². The van der Waals surface area contributed by atoms with Gasteiger partial charge in [-0.25, -0.2) is 8.78 Å². The van der Waals surface area contributed by atoms with Crippen LogP contribution in [0.15, 0.2) is 48.5 Å². The summed E-state index contributed by atoms with van der Waals surface area (Å²) in [7, 11) is 0. The van der Waals surface area contributed by atoms with Gasteiger partial charge in [-0.3, -0.25) is 0 Å². The molecular formula is C24H29F2NO3. The van der Waals surface area contributed by atoms with Crippen molar-refractivity contribution >= 4 is 0 Å². The molecule has 2 aliphatic heterocycles. The second kappa shape index (κ2) is 9.10. The van der Waals surface area contributed by atoms with Crippen LogP contribution in [0.5, 0.6) is 0 Å². The normalized spacial score (nSPS) is 21.0. The molecule has 2 saturated heterocycles. The van der Waals surface area contributed by atoms with Crippen molar-refractivity contribution in [1.82, 2.24) is 4.90 Å². The third-order valence-corrected chi connectivity index (χ3v) is 6.24. The topological polar surface area (TPSA) is 41.9 Å². The Bertz CT molecular complexity index is 832. The number of nitrogens with zero attached hydrogens (tertiary/aromatic N) is 1. The highest BCUT2D eigenvalue weighted by molar-refractivity contribution is 5.24. The number of piperidine rings is 1. The van der Waals surface area contributed by atoms with E-state index in [1.807, 2.05) is 18.2 Å². The fraction of sp³-hybridized carbons (Fsp3) is 0.500. The highest BCUT2D eigenvalue weighted by Gasteiger charge is 2.40. The van der Waals surface area contributed by atoms with Gasteiger partial charge < -0.3 is 19.5 Å². The summed E-state index contributed by atoms with van der Waals surface area (Å²) in [5, 5.41) is 10.9. The maximum absolute atomic E-state index is 14.4. The standard InChI is InChI=1S/C24H29F2NO3/c25-20-7-8-21(22(26)17-20)24(29-15-16-30-24)9-4-12-27-13-10-23(28,11-14-27)18-19-5-2-1-3-6-19/h1-3,5-8,17,28H,4,9-16,18H2. The van der Waals surface area contributed by atoms with E-state index >= 15 is 0 Å². The number of hydrogen-bond acceptors (Lipinski definition) is 4. The van der Waals surface area contributed by atoms with E-state index in [0.717, 1.165) is 50.5 Å². The lowest BCUT2D eigenvalue weighted by atomic mass is 9.85. The van der Waals surface area contributed by atoms with Gasteiger partial charge in [0.25, 0.3) is 0 Å². The molecule has 2 aliphatic rings. The molecule has 2 aromatic rings. The maximum atomic E-state index is 14.4. The minimum absolute atomic E-state index is 0.261. The summed E-state index contributed by atoms with van der Waals surface area (Å²) in [6.07, 6.45) is 3.39. The molecule has 0 radical (unpaired) electrons. The largest absolute Gasteiger partial charge is 0.389 e. The van der Waals surface area contributed by atoms with Gasteiger partial charge in [0.15, 0.2) is 5.79 Å². The number of rotatable bonds is 7. The number of ether oxygens (including phenoxy) is 2. The van der Waals surface area contributed by atoms with Gasteiger partial charge in [0.05, 0.1) is 18.8 Å². The average molecular weight is 417 g/mol.